The van der Waals surface area contributed by atoms with E-state index in [9.17, 15) is 9.70 Å². The summed E-state index contributed by atoms with van der Waals surface area (Å²) >= 11 is 0. The van der Waals surface area contributed by atoms with Crippen molar-refractivity contribution in [1.29, 1.82) is 0 Å². The molecule has 6 heteroatoms. The molecule has 1 saturated carbocycles. The third-order valence-electron chi connectivity index (χ3n) is 5.21. The second kappa shape index (κ2) is 8.93. The minimum atomic E-state index is -0.636. The first kappa shape index (κ1) is 19.3. The minimum absolute atomic E-state index is 0.0974. The molecule has 0 bridgehead atoms. The lowest BCUT2D eigenvalue weighted by molar-refractivity contribution is -0.117. The summed E-state index contributed by atoms with van der Waals surface area (Å²) in [5, 5.41) is 7.02. The molecule has 0 spiro atoms. The molecule has 1 aliphatic carbocycles. The number of hydrogen-bond donors (Lipinski definition) is 0. The van der Waals surface area contributed by atoms with Gasteiger partial charge in [0.2, 0.25) is 0 Å². The van der Waals surface area contributed by atoms with Crippen molar-refractivity contribution in [2.75, 3.05) is 6.61 Å². The van der Waals surface area contributed by atoms with Gasteiger partial charge < -0.3 is 4.74 Å². The zero-order chi connectivity index (χ0) is 19.2. The molecule has 6 nitrogen and oxygen atoms in total. The molecule has 3 rings (SSSR count). The van der Waals surface area contributed by atoms with Crippen LogP contribution in [-0.2, 0) is 17.8 Å². The third-order valence-corrected chi connectivity index (χ3v) is 5.21. The van der Waals surface area contributed by atoms with Crippen LogP contribution in [0.4, 0.5) is 0 Å². The number of aromatic nitrogens is 2. The minimum Gasteiger partial charge on any atom is -0.493 e. The van der Waals surface area contributed by atoms with Crippen molar-refractivity contribution in [3.8, 4) is 5.75 Å². The van der Waals surface area contributed by atoms with Crippen LogP contribution in [0, 0.1) is 24.7 Å². The molecule has 1 aromatic carbocycles. The van der Waals surface area contributed by atoms with Gasteiger partial charge in [0.15, 0.2) is 0 Å². The summed E-state index contributed by atoms with van der Waals surface area (Å²) < 4.78 is 8.08. The van der Waals surface area contributed by atoms with Crippen LogP contribution in [0.3, 0.4) is 0 Å². The number of carbonyl (C=O) groups excluding carboxylic acids is 1. The number of aryl methyl sites for hydroxylation is 3. The summed E-state index contributed by atoms with van der Waals surface area (Å²) in [5.41, 5.74) is 4.10. The van der Waals surface area contributed by atoms with Gasteiger partial charge in [0, 0.05) is 29.3 Å². The number of amides is 1. The standard InChI is InChI=1S/C21H27N3O3/c1-15-7-9-20(27-14-17-5-3-4-6-17)18(11-15)13-24-16(2)12-19(22-24)8-10-21(25)23-26/h7,9,11-12,17H,3-6,8,10,13-14H2,1-2H3. The lowest BCUT2D eigenvalue weighted by atomic mass is 10.1. The van der Waals surface area contributed by atoms with Gasteiger partial charge in [0.05, 0.1) is 18.8 Å². The van der Waals surface area contributed by atoms with Gasteiger partial charge in [-0.3, -0.25) is 9.48 Å². The molecule has 0 N–H and O–H groups in total. The summed E-state index contributed by atoms with van der Waals surface area (Å²) in [6.45, 7) is 5.46. The predicted molar refractivity (Wildman–Crippen MR) is 104 cm³/mol. The second-order valence-electron chi connectivity index (χ2n) is 7.49. The molecule has 1 aromatic heterocycles. The van der Waals surface area contributed by atoms with Crippen molar-refractivity contribution in [2.45, 2.75) is 58.9 Å². The highest BCUT2D eigenvalue weighted by Crippen LogP contribution is 2.27. The van der Waals surface area contributed by atoms with Crippen LogP contribution >= 0.6 is 0 Å². The first-order valence-corrected chi connectivity index (χ1v) is 9.67. The maximum Gasteiger partial charge on any atom is 0.286 e. The maximum absolute atomic E-state index is 11.1. The summed E-state index contributed by atoms with van der Waals surface area (Å²) in [7, 11) is 0. The Morgan fingerprint density at radius 1 is 1.26 bits per heavy atom. The normalized spacial score (nSPS) is 14.4. The van der Waals surface area contributed by atoms with Crippen molar-refractivity contribution in [3.05, 3.63) is 51.7 Å². The Morgan fingerprint density at radius 3 is 2.78 bits per heavy atom. The molecule has 27 heavy (non-hydrogen) atoms. The molecular formula is C21H27N3O3. The fourth-order valence-electron chi connectivity index (χ4n) is 3.66. The fourth-order valence-corrected chi connectivity index (χ4v) is 3.66. The van der Waals surface area contributed by atoms with E-state index in [1.165, 1.54) is 31.2 Å². The largest absolute Gasteiger partial charge is 0.493 e. The van der Waals surface area contributed by atoms with E-state index in [0.717, 1.165) is 29.3 Å². The summed E-state index contributed by atoms with van der Waals surface area (Å²) in [4.78, 5) is 21.3. The van der Waals surface area contributed by atoms with E-state index in [2.05, 4.69) is 29.3 Å². The highest BCUT2D eigenvalue weighted by molar-refractivity contribution is 5.76. The van der Waals surface area contributed by atoms with E-state index in [0.29, 0.717) is 18.9 Å². The van der Waals surface area contributed by atoms with Gasteiger partial charge in [0.25, 0.3) is 5.91 Å². The van der Waals surface area contributed by atoms with Crippen LogP contribution in [0.15, 0.2) is 29.4 Å². The van der Waals surface area contributed by atoms with Gasteiger partial charge in [0.1, 0.15) is 5.75 Å². The van der Waals surface area contributed by atoms with Crippen molar-refractivity contribution >= 4 is 5.91 Å². The average molecular weight is 369 g/mol. The lowest BCUT2D eigenvalue weighted by Gasteiger charge is -2.16. The van der Waals surface area contributed by atoms with E-state index in [1.807, 2.05) is 23.7 Å². The first-order chi connectivity index (χ1) is 13.0. The highest BCUT2D eigenvalue weighted by atomic mass is 16.5. The quantitative estimate of drug-likeness (QED) is 0.649. The van der Waals surface area contributed by atoms with Gasteiger partial charge in [-0.25, -0.2) is 0 Å². The number of rotatable bonds is 8. The molecule has 1 heterocycles. The Labute approximate surface area is 159 Å². The Balaban J connectivity index is 1.70. The molecule has 0 saturated heterocycles. The van der Waals surface area contributed by atoms with E-state index in [-0.39, 0.29) is 6.42 Å². The zero-order valence-corrected chi connectivity index (χ0v) is 16.1. The van der Waals surface area contributed by atoms with E-state index >= 15 is 0 Å². The van der Waals surface area contributed by atoms with Crippen molar-refractivity contribution in [1.82, 2.24) is 9.78 Å². The van der Waals surface area contributed by atoms with E-state index in [1.54, 1.807) is 0 Å². The van der Waals surface area contributed by atoms with Crippen molar-refractivity contribution < 1.29 is 9.53 Å². The topological polar surface area (TPSA) is 73.6 Å². The lowest BCUT2D eigenvalue weighted by Crippen LogP contribution is -2.11. The molecule has 0 radical (unpaired) electrons. The second-order valence-corrected chi connectivity index (χ2v) is 7.49. The third kappa shape index (κ3) is 5.25. The van der Waals surface area contributed by atoms with Gasteiger partial charge >= 0.3 is 0 Å². The molecule has 1 aliphatic rings. The Kier molecular flexibility index (Phi) is 6.37. The molecule has 1 fully saturated rings. The summed E-state index contributed by atoms with van der Waals surface area (Å²) in [6.07, 6.45) is 5.67. The zero-order valence-electron chi connectivity index (χ0n) is 16.1. The number of nitroso groups, excluding NO2 is 1. The highest BCUT2D eigenvalue weighted by Gasteiger charge is 2.17. The Hall–Kier alpha value is -2.50. The molecular weight excluding hydrogens is 342 g/mol. The Bertz CT molecular complexity index is 807. The number of hydrogen-bond acceptors (Lipinski definition) is 4. The molecule has 1 amide bonds. The van der Waals surface area contributed by atoms with Crippen molar-refractivity contribution in [2.24, 2.45) is 11.1 Å². The fraction of sp³-hybridized carbons (Fsp3) is 0.524. The molecule has 0 aliphatic heterocycles. The maximum atomic E-state index is 11.1. The molecule has 0 unspecified atom stereocenters. The van der Waals surface area contributed by atoms with Crippen LogP contribution in [0.2, 0.25) is 0 Å². The van der Waals surface area contributed by atoms with E-state index in [4.69, 9.17) is 4.74 Å². The van der Waals surface area contributed by atoms with Gasteiger partial charge in [-0.05, 0) is 44.7 Å². The van der Waals surface area contributed by atoms with Crippen LogP contribution in [0.5, 0.6) is 5.75 Å². The van der Waals surface area contributed by atoms with Crippen LogP contribution in [0.25, 0.3) is 0 Å². The number of nitrogens with zero attached hydrogens (tertiary/aromatic N) is 3. The molecule has 2 aromatic rings. The summed E-state index contributed by atoms with van der Waals surface area (Å²) in [6, 6.07) is 8.22. The van der Waals surface area contributed by atoms with Crippen molar-refractivity contribution in [3.63, 3.8) is 0 Å². The smallest absolute Gasteiger partial charge is 0.286 e. The number of ether oxygens (including phenoxy) is 1. The van der Waals surface area contributed by atoms with Gasteiger partial charge in [-0.1, -0.05) is 30.5 Å². The number of benzene rings is 1. The molecule has 144 valence electrons. The monoisotopic (exact) mass is 369 g/mol. The number of carbonyl (C=O) groups is 1. The van der Waals surface area contributed by atoms with Crippen LogP contribution < -0.4 is 4.74 Å². The molecule has 0 atom stereocenters. The van der Waals surface area contributed by atoms with E-state index < -0.39 is 5.91 Å². The van der Waals surface area contributed by atoms with Crippen LogP contribution in [0.1, 0.15) is 54.6 Å². The predicted octanol–water partition coefficient (Wildman–Crippen LogP) is 4.34. The first-order valence-electron chi connectivity index (χ1n) is 9.67. The summed E-state index contributed by atoms with van der Waals surface area (Å²) in [5.74, 6) is 0.953. The Morgan fingerprint density at radius 2 is 2.04 bits per heavy atom. The average Bonchev–Trinajstić information content (AvgIpc) is 3.29. The van der Waals surface area contributed by atoms with Gasteiger partial charge in [-0.15, -0.1) is 4.91 Å². The SMILES string of the molecule is Cc1ccc(OCC2CCCC2)c(Cn2nc(CCC(=O)N=O)cc2C)c1. The van der Waals surface area contributed by atoms with Gasteiger partial charge in [-0.2, -0.15) is 5.10 Å². The van der Waals surface area contributed by atoms with Crippen LogP contribution in [-0.4, -0.2) is 22.3 Å².